The fourth-order valence-corrected chi connectivity index (χ4v) is 2.61. The average molecular weight is 348 g/mol. The molecule has 1 amide bonds. The lowest BCUT2D eigenvalue weighted by Crippen LogP contribution is -2.26. The minimum absolute atomic E-state index is 0.000675. The van der Waals surface area contributed by atoms with Crippen LogP contribution in [0.15, 0.2) is 46.9 Å². The van der Waals surface area contributed by atoms with Gasteiger partial charge in [-0.25, -0.2) is 0 Å². The summed E-state index contributed by atoms with van der Waals surface area (Å²) in [6.07, 6.45) is 0. The number of ether oxygens (including phenoxy) is 1. The number of hydrogen-bond acceptors (Lipinski definition) is 2. The van der Waals surface area contributed by atoms with E-state index in [-0.39, 0.29) is 5.91 Å². The van der Waals surface area contributed by atoms with Crippen molar-refractivity contribution in [2.24, 2.45) is 0 Å². The quantitative estimate of drug-likeness (QED) is 0.835. The molecule has 0 aromatic heterocycles. The van der Waals surface area contributed by atoms with Gasteiger partial charge in [0.15, 0.2) is 0 Å². The molecule has 0 aliphatic carbocycles. The topological polar surface area (TPSA) is 29.5 Å². The number of halogens is 1. The van der Waals surface area contributed by atoms with Crippen LogP contribution in [-0.2, 0) is 6.54 Å². The van der Waals surface area contributed by atoms with Crippen molar-refractivity contribution in [2.45, 2.75) is 13.5 Å². The molecule has 2 aromatic rings. The Labute approximate surface area is 133 Å². The maximum atomic E-state index is 12.5. The number of nitrogens with zero attached hydrogens (tertiary/aromatic N) is 1. The second kappa shape index (κ2) is 6.76. The van der Waals surface area contributed by atoms with Crippen LogP contribution < -0.4 is 4.74 Å². The van der Waals surface area contributed by atoms with Gasteiger partial charge in [-0.2, -0.15) is 0 Å². The van der Waals surface area contributed by atoms with Gasteiger partial charge in [-0.05, 0) is 37.3 Å². The number of aryl methyl sites for hydroxylation is 1. The van der Waals surface area contributed by atoms with Gasteiger partial charge in [0.25, 0.3) is 5.91 Å². The van der Waals surface area contributed by atoms with Crippen LogP contribution in [0.5, 0.6) is 5.75 Å². The molecule has 0 bridgehead atoms. The van der Waals surface area contributed by atoms with Crippen molar-refractivity contribution in [3.8, 4) is 5.75 Å². The molecule has 2 aromatic carbocycles. The van der Waals surface area contributed by atoms with Gasteiger partial charge < -0.3 is 9.64 Å². The van der Waals surface area contributed by atoms with Crippen molar-refractivity contribution in [1.82, 2.24) is 4.90 Å². The zero-order valence-electron chi connectivity index (χ0n) is 12.4. The van der Waals surface area contributed by atoms with Gasteiger partial charge in [0.2, 0.25) is 0 Å². The van der Waals surface area contributed by atoms with E-state index in [1.165, 1.54) is 0 Å². The molecule has 0 saturated carbocycles. The van der Waals surface area contributed by atoms with Gasteiger partial charge in [-0.1, -0.05) is 33.6 Å². The Balaban J connectivity index is 2.19. The molecule has 0 unspecified atom stereocenters. The molecule has 0 radical (unpaired) electrons. The van der Waals surface area contributed by atoms with E-state index in [0.29, 0.717) is 12.1 Å². The number of carbonyl (C=O) groups is 1. The van der Waals surface area contributed by atoms with Gasteiger partial charge in [0, 0.05) is 29.2 Å². The third-order valence-corrected chi connectivity index (χ3v) is 3.75. The summed E-state index contributed by atoms with van der Waals surface area (Å²) in [5.41, 5.74) is 2.75. The Morgan fingerprint density at radius 3 is 2.67 bits per heavy atom. The lowest BCUT2D eigenvalue weighted by molar-refractivity contribution is 0.0784. The Morgan fingerprint density at radius 2 is 2.00 bits per heavy atom. The van der Waals surface area contributed by atoms with Crippen molar-refractivity contribution in [3.05, 3.63) is 63.6 Å². The number of rotatable bonds is 4. The fraction of sp³-hybridized carbons (Fsp3) is 0.235. The summed E-state index contributed by atoms with van der Waals surface area (Å²) in [4.78, 5) is 14.2. The lowest BCUT2D eigenvalue weighted by atomic mass is 10.1. The maximum Gasteiger partial charge on any atom is 0.253 e. The van der Waals surface area contributed by atoms with Gasteiger partial charge in [-0.3, -0.25) is 4.79 Å². The molecule has 0 heterocycles. The van der Waals surface area contributed by atoms with Crippen molar-refractivity contribution in [1.29, 1.82) is 0 Å². The van der Waals surface area contributed by atoms with Crippen molar-refractivity contribution >= 4 is 21.8 Å². The predicted octanol–water partition coefficient (Wildman–Crippen LogP) is 4.04. The smallest absolute Gasteiger partial charge is 0.253 e. The van der Waals surface area contributed by atoms with Crippen LogP contribution in [-0.4, -0.2) is 25.0 Å². The van der Waals surface area contributed by atoms with Gasteiger partial charge >= 0.3 is 0 Å². The van der Waals surface area contributed by atoms with E-state index in [0.717, 1.165) is 21.3 Å². The fourth-order valence-electron chi connectivity index (χ4n) is 2.20. The van der Waals surface area contributed by atoms with Gasteiger partial charge in [0.1, 0.15) is 5.75 Å². The van der Waals surface area contributed by atoms with Crippen LogP contribution in [0.1, 0.15) is 21.5 Å². The first-order chi connectivity index (χ1) is 10.0. The van der Waals surface area contributed by atoms with Crippen LogP contribution in [0.3, 0.4) is 0 Å². The molecule has 3 nitrogen and oxygen atoms in total. The Morgan fingerprint density at radius 1 is 1.24 bits per heavy atom. The second-order valence-corrected chi connectivity index (χ2v) is 5.90. The molecule has 0 fully saturated rings. The number of carbonyl (C=O) groups excluding carboxylic acids is 1. The highest BCUT2D eigenvalue weighted by Crippen LogP contribution is 2.24. The Kier molecular flexibility index (Phi) is 5.02. The molecule has 0 saturated heterocycles. The minimum atomic E-state index is 0.000675. The summed E-state index contributed by atoms with van der Waals surface area (Å²) < 4.78 is 6.31. The number of methoxy groups -OCH3 is 1. The molecule has 0 aliphatic heterocycles. The molecule has 0 spiro atoms. The SMILES string of the molecule is COc1ccc(Br)cc1CN(C)C(=O)c1cccc(C)c1. The van der Waals surface area contributed by atoms with E-state index in [1.54, 1.807) is 19.1 Å². The summed E-state index contributed by atoms with van der Waals surface area (Å²) in [5, 5.41) is 0. The molecule has 0 N–H and O–H groups in total. The van der Waals surface area contributed by atoms with Crippen molar-refractivity contribution in [3.63, 3.8) is 0 Å². The van der Waals surface area contributed by atoms with E-state index >= 15 is 0 Å². The van der Waals surface area contributed by atoms with Crippen LogP contribution in [0, 0.1) is 6.92 Å². The molecular formula is C17H18BrNO2. The first-order valence-corrected chi connectivity index (χ1v) is 7.45. The molecular weight excluding hydrogens is 330 g/mol. The average Bonchev–Trinajstić information content (AvgIpc) is 2.46. The largest absolute Gasteiger partial charge is 0.496 e. The predicted molar refractivity (Wildman–Crippen MR) is 87.7 cm³/mol. The summed E-state index contributed by atoms with van der Waals surface area (Å²) >= 11 is 3.45. The lowest BCUT2D eigenvalue weighted by Gasteiger charge is -2.19. The highest BCUT2D eigenvalue weighted by atomic mass is 79.9. The minimum Gasteiger partial charge on any atom is -0.496 e. The highest BCUT2D eigenvalue weighted by Gasteiger charge is 2.14. The van der Waals surface area contributed by atoms with Crippen LogP contribution >= 0.6 is 15.9 Å². The number of hydrogen-bond donors (Lipinski definition) is 0. The van der Waals surface area contributed by atoms with E-state index in [4.69, 9.17) is 4.74 Å². The Bertz CT molecular complexity index is 655. The number of amides is 1. The summed E-state index contributed by atoms with van der Waals surface area (Å²) in [7, 11) is 3.43. The van der Waals surface area contributed by atoms with Crippen molar-refractivity contribution in [2.75, 3.05) is 14.2 Å². The van der Waals surface area contributed by atoms with E-state index in [1.807, 2.05) is 49.4 Å². The summed E-state index contributed by atoms with van der Waals surface area (Å²) in [5.74, 6) is 0.780. The van der Waals surface area contributed by atoms with Crippen LogP contribution in [0.25, 0.3) is 0 Å². The van der Waals surface area contributed by atoms with Gasteiger partial charge in [-0.15, -0.1) is 0 Å². The molecule has 4 heteroatoms. The van der Waals surface area contributed by atoms with Gasteiger partial charge in [0.05, 0.1) is 7.11 Å². The van der Waals surface area contributed by atoms with E-state index in [9.17, 15) is 4.79 Å². The third kappa shape index (κ3) is 3.85. The Hall–Kier alpha value is -1.81. The third-order valence-electron chi connectivity index (χ3n) is 3.26. The molecule has 0 atom stereocenters. The van der Waals surface area contributed by atoms with E-state index in [2.05, 4.69) is 15.9 Å². The zero-order valence-corrected chi connectivity index (χ0v) is 14.0. The van der Waals surface area contributed by atoms with Crippen LogP contribution in [0.2, 0.25) is 0 Å². The zero-order chi connectivity index (χ0) is 15.4. The van der Waals surface area contributed by atoms with Crippen molar-refractivity contribution < 1.29 is 9.53 Å². The first kappa shape index (κ1) is 15.6. The normalized spacial score (nSPS) is 10.3. The standard InChI is InChI=1S/C17H18BrNO2/c1-12-5-4-6-13(9-12)17(20)19(2)11-14-10-15(18)7-8-16(14)21-3/h4-10H,11H2,1-3H3. The number of benzene rings is 2. The first-order valence-electron chi connectivity index (χ1n) is 6.66. The second-order valence-electron chi connectivity index (χ2n) is 4.99. The highest BCUT2D eigenvalue weighted by molar-refractivity contribution is 9.10. The molecule has 110 valence electrons. The monoisotopic (exact) mass is 347 g/mol. The summed E-state index contributed by atoms with van der Waals surface area (Å²) in [6.45, 7) is 2.48. The maximum absolute atomic E-state index is 12.5. The van der Waals surface area contributed by atoms with E-state index < -0.39 is 0 Å². The molecule has 21 heavy (non-hydrogen) atoms. The summed E-state index contributed by atoms with van der Waals surface area (Å²) in [6, 6.07) is 13.4. The van der Waals surface area contributed by atoms with Crippen LogP contribution in [0.4, 0.5) is 0 Å². The molecule has 2 rings (SSSR count). The molecule has 0 aliphatic rings.